The molecule has 2 aliphatic rings. The second kappa shape index (κ2) is 6.96. The van der Waals surface area contributed by atoms with Crippen molar-refractivity contribution < 1.29 is 14.3 Å². The second-order valence-corrected chi connectivity index (χ2v) is 6.85. The Labute approximate surface area is 153 Å². The number of nitrogens with one attached hydrogen (secondary N) is 1. The summed E-state index contributed by atoms with van der Waals surface area (Å²) in [4.78, 5) is 19.3. The zero-order chi connectivity index (χ0) is 18.1. The van der Waals surface area contributed by atoms with Gasteiger partial charge in [0.15, 0.2) is 5.78 Å². The van der Waals surface area contributed by atoms with Crippen molar-refractivity contribution in [1.29, 1.82) is 0 Å². The van der Waals surface area contributed by atoms with Crippen LogP contribution in [-0.2, 0) is 0 Å². The minimum atomic E-state index is -0.307. The number of aromatic nitrogens is 1. The number of rotatable bonds is 3. The molecule has 2 atom stereocenters. The lowest BCUT2D eigenvalue weighted by molar-refractivity contribution is 0.0849. The molecule has 2 aromatic rings. The first-order valence-corrected chi connectivity index (χ1v) is 8.96. The highest BCUT2D eigenvalue weighted by atomic mass is 16.5. The van der Waals surface area contributed by atoms with Crippen molar-refractivity contribution >= 4 is 11.5 Å². The lowest BCUT2D eigenvalue weighted by Crippen LogP contribution is -2.49. The topological polar surface area (TPSA) is 63.7 Å². The number of hydrogen-bond acceptors (Lipinski definition) is 6. The first-order chi connectivity index (χ1) is 12.6. The van der Waals surface area contributed by atoms with Crippen LogP contribution in [0.25, 0.3) is 0 Å². The molecule has 3 heterocycles. The van der Waals surface area contributed by atoms with Crippen LogP contribution in [0.4, 0.5) is 5.69 Å². The van der Waals surface area contributed by atoms with Crippen molar-refractivity contribution in [2.24, 2.45) is 0 Å². The van der Waals surface area contributed by atoms with Gasteiger partial charge in [0.1, 0.15) is 11.9 Å². The maximum absolute atomic E-state index is 12.7. The number of pyridine rings is 1. The Morgan fingerprint density at radius 1 is 1.31 bits per heavy atom. The van der Waals surface area contributed by atoms with Crippen LogP contribution in [0.5, 0.6) is 11.6 Å². The smallest absolute Gasteiger partial charge is 0.212 e. The van der Waals surface area contributed by atoms with Gasteiger partial charge in [0.2, 0.25) is 5.88 Å². The zero-order valence-corrected chi connectivity index (χ0v) is 15.1. The highest BCUT2D eigenvalue weighted by Gasteiger charge is 2.29. The molecule has 1 aromatic carbocycles. The molecular formula is C20H23N3O3. The monoisotopic (exact) mass is 353 g/mol. The molecular weight excluding hydrogens is 330 g/mol. The predicted molar refractivity (Wildman–Crippen MR) is 99.2 cm³/mol. The summed E-state index contributed by atoms with van der Waals surface area (Å²) in [6.45, 7) is 5.01. The van der Waals surface area contributed by atoms with Gasteiger partial charge in [0.25, 0.3) is 0 Å². The van der Waals surface area contributed by atoms with Crippen LogP contribution in [0, 0.1) is 0 Å². The van der Waals surface area contributed by atoms with E-state index < -0.39 is 0 Å². The Kier molecular flexibility index (Phi) is 4.51. The predicted octanol–water partition coefficient (Wildman–Crippen LogP) is 2.59. The van der Waals surface area contributed by atoms with E-state index >= 15 is 0 Å². The molecule has 1 unspecified atom stereocenters. The van der Waals surface area contributed by atoms with Crippen molar-refractivity contribution in [1.82, 2.24) is 10.3 Å². The highest BCUT2D eigenvalue weighted by molar-refractivity contribution is 6.00. The van der Waals surface area contributed by atoms with E-state index in [0.717, 1.165) is 30.9 Å². The van der Waals surface area contributed by atoms with E-state index in [1.54, 1.807) is 19.4 Å². The van der Waals surface area contributed by atoms with Crippen LogP contribution in [0.1, 0.15) is 35.4 Å². The third-order valence-corrected chi connectivity index (χ3v) is 4.98. The van der Waals surface area contributed by atoms with Gasteiger partial charge in [-0.15, -0.1) is 0 Å². The number of methoxy groups -OCH3 is 1. The number of fused-ring (bicyclic) bond motifs is 1. The van der Waals surface area contributed by atoms with Gasteiger partial charge in [0.05, 0.1) is 19.1 Å². The van der Waals surface area contributed by atoms with E-state index in [-0.39, 0.29) is 11.9 Å². The molecule has 0 radical (unpaired) electrons. The molecule has 1 fully saturated rings. The minimum Gasteiger partial charge on any atom is -0.484 e. The zero-order valence-electron chi connectivity index (χ0n) is 15.1. The molecule has 6 nitrogen and oxygen atoms in total. The minimum absolute atomic E-state index is 0.108. The lowest BCUT2D eigenvalue weighted by Gasteiger charge is -2.34. The number of nitrogens with zero attached hydrogens (tertiary/aromatic N) is 2. The molecule has 136 valence electrons. The maximum Gasteiger partial charge on any atom is 0.212 e. The number of Topliss-reactive ketones (excluding diaryl/α,β-unsaturated/α-hetero) is 1. The highest BCUT2D eigenvalue weighted by Crippen LogP contribution is 2.37. The van der Waals surface area contributed by atoms with Gasteiger partial charge in [-0.1, -0.05) is 0 Å². The van der Waals surface area contributed by atoms with E-state index in [1.165, 1.54) is 0 Å². The number of hydrogen-bond donors (Lipinski definition) is 1. The number of carbonyl (C=O) groups excluding carboxylic acids is 1. The van der Waals surface area contributed by atoms with Crippen molar-refractivity contribution in [2.75, 3.05) is 31.6 Å². The van der Waals surface area contributed by atoms with Crippen molar-refractivity contribution in [2.45, 2.75) is 25.5 Å². The van der Waals surface area contributed by atoms with Gasteiger partial charge >= 0.3 is 0 Å². The van der Waals surface area contributed by atoms with Crippen molar-refractivity contribution in [3.8, 4) is 11.6 Å². The van der Waals surface area contributed by atoms with Crippen LogP contribution in [0.2, 0.25) is 0 Å². The third-order valence-electron chi connectivity index (χ3n) is 4.98. The molecule has 0 saturated carbocycles. The molecule has 1 saturated heterocycles. The average Bonchev–Trinajstić information content (AvgIpc) is 2.68. The summed E-state index contributed by atoms with van der Waals surface area (Å²) in [5.41, 5.74) is 2.63. The first kappa shape index (κ1) is 16.8. The number of ketones is 1. The average molecular weight is 353 g/mol. The summed E-state index contributed by atoms with van der Waals surface area (Å²) in [5.74, 6) is 1.30. The van der Waals surface area contributed by atoms with Gasteiger partial charge < -0.3 is 19.7 Å². The molecule has 0 bridgehead atoms. The van der Waals surface area contributed by atoms with Crippen molar-refractivity contribution in [3.05, 3.63) is 47.7 Å². The normalized spacial score (nSPS) is 22.5. The summed E-state index contributed by atoms with van der Waals surface area (Å²) in [7, 11) is 1.58. The molecule has 6 heteroatoms. The Bertz CT molecular complexity index is 806. The summed E-state index contributed by atoms with van der Waals surface area (Å²) < 4.78 is 11.2. The van der Waals surface area contributed by atoms with Gasteiger partial charge in [0, 0.05) is 49.2 Å². The molecule has 0 spiro atoms. The van der Waals surface area contributed by atoms with Crippen LogP contribution >= 0.6 is 0 Å². The second-order valence-electron chi connectivity index (χ2n) is 6.85. The van der Waals surface area contributed by atoms with E-state index in [1.807, 2.05) is 24.3 Å². The van der Waals surface area contributed by atoms with Crippen molar-refractivity contribution in [3.63, 3.8) is 0 Å². The Hall–Kier alpha value is -2.60. The molecule has 0 amide bonds. The molecule has 26 heavy (non-hydrogen) atoms. The quantitative estimate of drug-likeness (QED) is 0.915. The number of carbonyl (C=O) groups is 1. The Morgan fingerprint density at radius 3 is 2.92 bits per heavy atom. The summed E-state index contributed by atoms with van der Waals surface area (Å²) in [5, 5.41) is 3.44. The van der Waals surface area contributed by atoms with E-state index in [2.05, 4.69) is 22.1 Å². The standard InChI is InChI=1S/C20H23N3O3/c1-13-12-23(8-7-21-13)15-4-5-18-16(9-15)17(24)10-19(26-18)14-3-6-20(25-2)22-11-14/h3-6,9,11,13,19,21H,7-8,10,12H2,1-2H3/t13-,19?/m1/s1. The molecule has 1 aromatic heterocycles. The van der Waals surface area contributed by atoms with E-state index in [0.29, 0.717) is 29.7 Å². The Balaban J connectivity index is 1.56. The maximum atomic E-state index is 12.7. The SMILES string of the molecule is COc1ccc(C2CC(=O)c3cc(N4CCN[C@H](C)C4)ccc3O2)cn1. The van der Waals surface area contributed by atoms with Crippen LogP contribution in [0.3, 0.4) is 0 Å². The molecule has 1 N–H and O–H groups in total. The number of piperazine rings is 1. The lowest BCUT2D eigenvalue weighted by atomic mass is 9.96. The Morgan fingerprint density at radius 2 is 2.19 bits per heavy atom. The fourth-order valence-corrected chi connectivity index (χ4v) is 3.56. The van der Waals surface area contributed by atoms with Crippen LogP contribution < -0.4 is 19.7 Å². The molecule has 4 rings (SSSR count). The van der Waals surface area contributed by atoms with Crippen LogP contribution in [-0.4, -0.2) is 43.6 Å². The van der Waals surface area contributed by atoms with Gasteiger partial charge in [-0.05, 0) is 31.2 Å². The summed E-state index contributed by atoms with van der Waals surface area (Å²) >= 11 is 0. The first-order valence-electron chi connectivity index (χ1n) is 8.96. The molecule has 0 aliphatic carbocycles. The fourth-order valence-electron chi connectivity index (χ4n) is 3.56. The number of anilines is 1. The van der Waals surface area contributed by atoms with Gasteiger partial charge in [-0.2, -0.15) is 0 Å². The number of ether oxygens (including phenoxy) is 2. The summed E-state index contributed by atoms with van der Waals surface area (Å²) in [6, 6.07) is 10.0. The third kappa shape index (κ3) is 3.24. The fraction of sp³-hybridized carbons (Fsp3) is 0.400. The number of benzene rings is 1. The largest absolute Gasteiger partial charge is 0.484 e. The molecule has 2 aliphatic heterocycles. The van der Waals surface area contributed by atoms with Gasteiger partial charge in [-0.25, -0.2) is 4.98 Å². The summed E-state index contributed by atoms with van der Waals surface area (Å²) in [6.07, 6.45) is 1.72. The van der Waals surface area contributed by atoms with E-state index in [4.69, 9.17) is 9.47 Å². The van der Waals surface area contributed by atoms with Gasteiger partial charge in [-0.3, -0.25) is 4.79 Å². The van der Waals surface area contributed by atoms with Crippen LogP contribution in [0.15, 0.2) is 36.5 Å². The van der Waals surface area contributed by atoms with E-state index in [9.17, 15) is 4.79 Å².